The molecule has 0 amide bonds. The van der Waals surface area contributed by atoms with E-state index in [4.69, 9.17) is 4.98 Å². The maximum Gasteiger partial charge on any atom is 0.0890 e. The van der Waals surface area contributed by atoms with Crippen LogP contribution >= 0.6 is 0 Å². The molecule has 23 heavy (non-hydrogen) atoms. The lowest BCUT2D eigenvalue weighted by Gasteiger charge is -2.17. The summed E-state index contributed by atoms with van der Waals surface area (Å²) >= 11 is 0. The molecule has 2 heteroatoms. The molecule has 3 aromatic carbocycles. The number of benzene rings is 3. The second-order valence-electron chi connectivity index (χ2n) is 5.54. The minimum atomic E-state index is 0.0921. The Bertz CT molecular complexity index is 878. The van der Waals surface area contributed by atoms with Crippen molar-refractivity contribution in [3.05, 3.63) is 108 Å². The van der Waals surface area contributed by atoms with Crippen LogP contribution in [0.2, 0.25) is 0 Å². The third kappa shape index (κ3) is 2.71. The second-order valence-corrected chi connectivity index (χ2v) is 5.54. The molecule has 0 N–H and O–H groups in total. The Morgan fingerprint density at radius 1 is 0.565 bits per heavy atom. The number of aromatic nitrogens is 2. The van der Waals surface area contributed by atoms with Crippen molar-refractivity contribution in [3.63, 3.8) is 0 Å². The monoisotopic (exact) mass is 296 g/mol. The maximum atomic E-state index is 4.87. The molecule has 0 spiro atoms. The molecule has 0 atom stereocenters. The van der Waals surface area contributed by atoms with Crippen LogP contribution in [0.3, 0.4) is 0 Å². The Morgan fingerprint density at radius 3 is 1.70 bits per heavy atom. The van der Waals surface area contributed by atoms with Crippen molar-refractivity contribution in [2.75, 3.05) is 0 Å². The Morgan fingerprint density at radius 2 is 1.09 bits per heavy atom. The van der Waals surface area contributed by atoms with E-state index in [-0.39, 0.29) is 5.92 Å². The summed E-state index contributed by atoms with van der Waals surface area (Å²) < 4.78 is 0. The first-order valence-corrected chi connectivity index (χ1v) is 7.73. The van der Waals surface area contributed by atoms with Gasteiger partial charge in [-0.15, -0.1) is 0 Å². The molecular formula is C21H16N2. The number of hydrogen-bond donors (Lipinski definition) is 0. The van der Waals surface area contributed by atoms with E-state index >= 15 is 0 Å². The van der Waals surface area contributed by atoms with Gasteiger partial charge in [0.15, 0.2) is 0 Å². The predicted octanol–water partition coefficient (Wildman–Crippen LogP) is 4.81. The summed E-state index contributed by atoms with van der Waals surface area (Å²) in [5, 5.41) is 0. The smallest absolute Gasteiger partial charge is 0.0890 e. The summed E-state index contributed by atoms with van der Waals surface area (Å²) in [6.07, 6.45) is 1.90. The van der Waals surface area contributed by atoms with Crippen molar-refractivity contribution in [3.8, 4) is 0 Å². The highest BCUT2D eigenvalue weighted by Gasteiger charge is 2.18. The normalized spacial score (nSPS) is 11.0. The average molecular weight is 296 g/mol. The summed E-state index contributed by atoms with van der Waals surface area (Å²) in [4.78, 5) is 9.46. The number of para-hydroxylation sites is 2. The zero-order chi connectivity index (χ0) is 15.5. The van der Waals surface area contributed by atoms with Crippen LogP contribution < -0.4 is 0 Å². The highest BCUT2D eigenvalue weighted by molar-refractivity contribution is 5.73. The first kappa shape index (κ1) is 13.6. The number of fused-ring (bicyclic) bond motifs is 1. The van der Waals surface area contributed by atoms with Gasteiger partial charge in [-0.3, -0.25) is 4.98 Å². The molecule has 0 saturated heterocycles. The van der Waals surface area contributed by atoms with E-state index in [2.05, 4.69) is 53.5 Å². The van der Waals surface area contributed by atoms with Gasteiger partial charge in [-0.05, 0) is 23.3 Å². The Hall–Kier alpha value is -3.00. The van der Waals surface area contributed by atoms with E-state index in [1.807, 2.05) is 42.6 Å². The fraction of sp³-hybridized carbons (Fsp3) is 0.0476. The topological polar surface area (TPSA) is 25.8 Å². The van der Waals surface area contributed by atoms with Gasteiger partial charge >= 0.3 is 0 Å². The van der Waals surface area contributed by atoms with Crippen molar-refractivity contribution in [1.82, 2.24) is 9.97 Å². The zero-order valence-corrected chi connectivity index (χ0v) is 12.6. The molecule has 2 nitrogen and oxygen atoms in total. The van der Waals surface area contributed by atoms with Crippen molar-refractivity contribution >= 4 is 11.0 Å². The van der Waals surface area contributed by atoms with Crippen LogP contribution in [0.25, 0.3) is 11.0 Å². The van der Waals surface area contributed by atoms with E-state index < -0.39 is 0 Å². The van der Waals surface area contributed by atoms with Gasteiger partial charge in [0.1, 0.15) is 0 Å². The molecule has 0 saturated carbocycles. The van der Waals surface area contributed by atoms with Crippen LogP contribution in [-0.2, 0) is 0 Å². The quantitative estimate of drug-likeness (QED) is 0.542. The molecule has 1 heterocycles. The van der Waals surface area contributed by atoms with Crippen LogP contribution in [0, 0.1) is 0 Å². The van der Waals surface area contributed by atoms with Gasteiger partial charge in [-0.2, -0.15) is 0 Å². The molecule has 4 rings (SSSR count). The second kappa shape index (κ2) is 6.01. The maximum absolute atomic E-state index is 4.87. The van der Waals surface area contributed by atoms with Crippen LogP contribution in [0.15, 0.2) is 91.1 Å². The highest BCUT2D eigenvalue weighted by atomic mass is 14.8. The summed E-state index contributed by atoms with van der Waals surface area (Å²) in [5.41, 5.74) is 5.28. The minimum absolute atomic E-state index is 0.0921. The van der Waals surface area contributed by atoms with Gasteiger partial charge in [0.25, 0.3) is 0 Å². The van der Waals surface area contributed by atoms with Crippen molar-refractivity contribution in [2.45, 2.75) is 5.92 Å². The zero-order valence-electron chi connectivity index (χ0n) is 12.6. The Labute approximate surface area is 135 Å². The summed E-state index contributed by atoms with van der Waals surface area (Å²) in [6, 6.07) is 28.9. The summed E-state index contributed by atoms with van der Waals surface area (Å²) in [6.45, 7) is 0. The number of hydrogen-bond acceptors (Lipinski definition) is 2. The Balaban J connectivity index is 1.90. The molecule has 0 fully saturated rings. The van der Waals surface area contributed by atoms with Crippen LogP contribution in [0.1, 0.15) is 22.7 Å². The molecule has 0 aliphatic carbocycles. The van der Waals surface area contributed by atoms with E-state index in [1.165, 1.54) is 11.1 Å². The fourth-order valence-corrected chi connectivity index (χ4v) is 2.94. The molecule has 0 radical (unpaired) electrons. The van der Waals surface area contributed by atoms with Gasteiger partial charge in [0.05, 0.1) is 28.8 Å². The van der Waals surface area contributed by atoms with Crippen molar-refractivity contribution in [2.24, 2.45) is 0 Å². The van der Waals surface area contributed by atoms with Gasteiger partial charge in [-0.1, -0.05) is 72.8 Å². The van der Waals surface area contributed by atoms with E-state index in [0.717, 1.165) is 16.7 Å². The lowest BCUT2D eigenvalue weighted by atomic mass is 9.89. The van der Waals surface area contributed by atoms with Crippen LogP contribution in [-0.4, -0.2) is 9.97 Å². The lowest BCUT2D eigenvalue weighted by molar-refractivity contribution is 0.917. The van der Waals surface area contributed by atoms with Crippen LogP contribution in [0.5, 0.6) is 0 Å². The van der Waals surface area contributed by atoms with Gasteiger partial charge in [0, 0.05) is 0 Å². The Kier molecular flexibility index (Phi) is 3.57. The first-order valence-electron chi connectivity index (χ1n) is 7.73. The third-order valence-electron chi connectivity index (χ3n) is 4.03. The molecule has 110 valence electrons. The van der Waals surface area contributed by atoms with Crippen LogP contribution in [0.4, 0.5) is 0 Å². The SMILES string of the molecule is c1ccc(C(c2ccccc2)c2cnc3ccccc3n2)cc1. The fourth-order valence-electron chi connectivity index (χ4n) is 2.94. The summed E-state index contributed by atoms with van der Waals surface area (Å²) in [7, 11) is 0. The molecule has 0 aliphatic heterocycles. The highest BCUT2D eigenvalue weighted by Crippen LogP contribution is 2.30. The molecule has 4 aromatic rings. The van der Waals surface area contributed by atoms with Gasteiger partial charge in [0.2, 0.25) is 0 Å². The largest absolute Gasteiger partial charge is 0.253 e. The predicted molar refractivity (Wildman–Crippen MR) is 93.4 cm³/mol. The molecular weight excluding hydrogens is 280 g/mol. The third-order valence-corrected chi connectivity index (χ3v) is 4.03. The van der Waals surface area contributed by atoms with E-state index in [0.29, 0.717) is 0 Å². The van der Waals surface area contributed by atoms with Gasteiger partial charge in [-0.25, -0.2) is 4.98 Å². The molecule has 0 unspecified atom stereocenters. The number of rotatable bonds is 3. The molecule has 0 bridgehead atoms. The van der Waals surface area contributed by atoms with Gasteiger partial charge < -0.3 is 0 Å². The summed E-state index contributed by atoms with van der Waals surface area (Å²) in [5.74, 6) is 0.0921. The standard InChI is InChI=1S/C21H16N2/c1-3-9-16(10-4-1)21(17-11-5-2-6-12-17)20-15-22-18-13-7-8-14-19(18)23-20/h1-15,21H. The van der Waals surface area contributed by atoms with Crippen molar-refractivity contribution < 1.29 is 0 Å². The lowest BCUT2D eigenvalue weighted by Crippen LogP contribution is -2.06. The molecule has 0 aliphatic rings. The average Bonchev–Trinajstić information content (AvgIpc) is 2.64. The van der Waals surface area contributed by atoms with E-state index in [1.54, 1.807) is 0 Å². The van der Waals surface area contributed by atoms with E-state index in [9.17, 15) is 0 Å². The number of nitrogens with zero attached hydrogens (tertiary/aromatic N) is 2. The minimum Gasteiger partial charge on any atom is -0.253 e. The molecule has 1 aromatic heterocycles. The first-order chi connectivity index (χ1) is 11.4. The van der Waals surface area contributed by atoms with Crippen molar-refractivity contribution in [1.29, 1.82) is 0 Å².